The first-order valence-electron chi connectivity index (χ1n) is 7.35. The van der Waals surface area contributed by atoms with Crippen LogP contribution in [-0.2, 0) is 6.42 Å². The molecule has 0 bridgehead atoms. The molecule has 114 valence electrons. The highest BCUT2D eigenvalue weighted by molar-refractivity contribution is 5.41. The number of aryl methyl sites for hydroxylation is 2. The first-order chi connectivity index (χ1) is 10.1. The second kappa shape index (κ2) is 6.76. The number of nitrogens with one attached hydrogen (secondary N) is 1. The Morgan fingerprint density at radius 3 is 2.62 bits per heavy atom. The molecule has 0 aromatic carbocycles. The highest BCUT2D eigenvalue weighted by Crippen LogP contribution is 2.27. The van der Waals surface area contributed by atoms with Crippen LogP contribution in [0.25, 0.3) is 0 Å². The fourth-order valence-electron chi connectivity index (χ4n) is 2.63. The van der Waals surface area contributed by atoms with Gasteiger partial charge in [-0.1, -0.05) is 6.92 Å². The summed E-state index contributed by atoms with van der Waals surface area (Å²) in [6.07, 6.45) is 2.65. The van der Waals surface area contributed by atoms with Crippen molar-refractivity contribution in [1.29, 1.82) is 0 Å². The number of hydrogen-bond donors (Lipinski definition) is 1. The lowest BCUT2D eigenvalue weighted by Gasteiger charge is -2.18. The van der Waals surface area contributed by atoms with E-state index >= 15 is 0 Å². The van der Waals surface area contributed by atoms with Crippen LogP contribution in [0.2, 0.25) is 0 Å². The Morgan fingerprint density at radius 1 is 1.29 bits per heavy atom. The maximum absolute atomic E-state index is 5.77. The number of ether oxygens (including phenoxy) is 1. The Morgan fingerprint density at radius 2 is 2.05 bits per heavy atom. The molecule has 1 N–H and O–H groups in total. The van der Waals surface area contributed by atoms with Crippen LogP contribution < -0.4 is 10.1 Å². The number of pyridine rings is 1. The summed E-state index contributed by atoms with van der Waals surface area (Å²) < 4.78 is 11.3. The van der Waals surface area contributed by atoms with E-state index in [9.17, 15) is 0 Å². The molecule has 0 fully saturated rings. The number of methoxy groups -OCH3 is 1. The van der Waals surface area contributed by atoms with Gasteiger partial charge in [-0.3, -0.25) is 4.98 Å². The summed E-state index contributed by atoms with van der Waals surface area (Å²) >= 11 is 0. The molecule has 1 unspecified atom stereocenters. The SMILES string of the molecule is CCNC(Cc1ncc(C)c(OC)c1C)c1ccc(C)o1. The lowest BCUT2D eigenvalue weighted by molar-refractivity contribution is 0.394. The van der Waals surface area contributed by atoms with Crippen molar-refractivity contribution in [2.24, 2.45) is 0 Å². The molecule has 0 aliphatic carbocycles. The third-order valence-corrected chi connectivity index (χ3v) is 3.70. The molecule has 0 aliphatic rings. The zero-order valence-corrected chi connectivity index (χ0v) is 13.5. The summed E-state index contributed by atoms with van der Waals surface area (Å²) in [5.74, 6) is 2.81. The molecule has 0 saturated heterocycles. The Balaban J connectivity index is 2.29. The summed E-state index contributed by atoms with van der Waals surface area (Å²) in [5, 5.41) is 3.47. The lowest BCUT2D eigenvalue weighted by atomic mass is 10.0. The number of aromatic nitrogens is 1. The van der Waals surface area contributed by atoms with E-state index in [0.29, 0.717) is 0 Å². The molecule has 1 atom stereocenters. The second-order valence-electron chi connectivity index (χ2n) is 5.31. The fourth-order valence-corrected chi connectivity index (χ4v) is 2.63. The van der Waals surface area contributed by atoms with Crippen LogP contribution >= 0.6 is 0 Å². The highest BCUT2D eigenvalue weighted by atomic mass is 16.5. The fraction of sp³-hybridized carbons (Fsp3) is 0.471. The number of hydrogen-bond acceptors (Lipinski definition) is 4. The quantitative estimate of drug-likeness (QED) is 0.883. The summed E-state index contributed by atoms with van der Waals surface area (Å²) in [5.41, 5.74) is 3.20. The number of nitrogens with zero attached hydrogens (tertiary/aromatic N) is 1. The van der Waals surface area contributed by atoms with E-state index < -0.39 is 0 Å². The monoisotopic (exact) mass is 288 g/mol. The van der Waals surface area contributed by atoms with Crippen molar-refractivity contribution in [3.63, 3.8) is 0 Å². The maximum atomic E-state index is 5.77. The molecule has 0 saturated carbocycles. The third kappa shape index (κ3) is 3.45. The van der Waals surface area contributed by atoms with Crippen molar-refractivity contribution in [3.05, 3.63) is 46.7 Å². The van der Waals surface area contributed by atoms with Crippen molar-refractivity contribution in [2.45, 2.75) is 40.2 Å². The summed E-state index contributed by atoms with van der Waals surface area (Å²) in [7, 11) is 1.71. The minimum absolute atomic E-state index is 0.127. The van der Waals surface area contributed by atoms with Crippen molar-refractivity contribution >= 4 is 0 Å². The average molecular weight is 288 g/mol. The van der Waals surface area contributed by atoms with E-state index in [4.69, 9.17) is 9.15 Å². The first-order valence-corrected chi connectivity index (χ1v) is 7.35. The minimum Gasteiger partial charge on any atom is -0.496 e. The van der Waals surface area contributed by atoms with Crippen LogP contribution in [0.4, 0.5) is 0 Å². The van der Waals surface area contributed by atoms with E-state index in [1.165, 1.54) is 0 Å². The predicted molar refractivity (Wildman–Crippen MR) is 83.8 cm³/mol. The van der Waals surface area contributed by atoms with Crippen LogP contribution in [-0.4, -0.2) is 18.6 Å². The van der Waals surface area contributed by atoms with Crippen molar-refractivity contribution in [1.82, 2.24) is 10.3 Å². The van der Waals surface area contributed by atoms with Crippen molar-refractivity contribution in [3.8, 4) is 5.75 Å². The molecule has 2 aromatic rings. The second-order valence-corrected chi connectivity index (χ2v) is 5.31. The molecule has 4 heteroatoms. The van der Waals surface area contributed by atoms with Crippen LogP contribution in [0, 0.1) is 20.8 Å². The van der Waals surface area contributed by atoms with E-state index in [1.54, 1.807) is 7.11 Å². The number of rotatable bonds is 6. The van der Waals surface area contributed by atoms with Gasteiger partial charge in [0.15, 0.2) is 0 Å². The van der Waals surface area contributed by atoms with Gasteiger partial charge < -0.3 is 14.5 Å². The molecule has 0 radical (unpaired) electrons. The summed E-state index contributed by atoms with van der Waals surface area (Å²) in [6.45, 7) is 9.01. The Hall–Kier alpha value is -1.81. The molecule has 2 heterocycles. The van der Waals surface area contributed by atoms with Crippen LogP contribution in [0.3, 0.4) is 0 Å². The maximum Gasteiger partial charge on any atom is 0.128 e. The number of furan rings is 1. The minimum atomic E-state index is 0.127. The van der Waals surface area contributed by atoms with Crippen LogP contribution in [0.15, 0.2) is 22.7 Å². The standard InChI is InChI=1S/C17H24N2O2/c1-6-18-15(16-8-7-12(3)21-16)9-14-13(4)17(20-5)11(2)10-19-14/h7-8,10,15,18H,6,9H2,1-5H3. The summed E-state index contributed by atoms with van der Waals surface area (Å²) in [6, 6.07) is 4.15. The Bertz CT molecular complexity index is 605. The largest absolute Gasteiger partial charge is 0.496 e. The third-order valence-electron chi connectivity index (χ3n) is 3.70. The van der Waals surface area contributed by atoms with Gasteiger partial charge in [0.1, 0.15) is 17.3 Å². The Labute approximate surface area is 126 Å². The normalized spacial score (nSPS) is 12.4. The van der Waals surface area contributed by atoms with Gasteiger partial charge in [0.25, 0.3) is 0 Å². The first kappa shape index (κ1) is 15.6. The Kier molecular flexibility index (Phi) is 5.02. The predicted octanol–water partition coefficient (Wildman–Crippen LogP) is 3.50. The molecule has 4 nitrogen and oxygen atoms in total. The van der Waals surface area contributed by atoms with Crippen LogP contribution in [0.1, 0.15) is 41.3 Å². The van der Waals surface area contributed by atoms with E-state index in [1.807, 2.05) is 32.2 Å². The molecule has 0 spiro atoms. The van der Waals surface area contributed by atoms with Gasteiger partial charge in [0.2, 0.25) is 0 Å². The molecular weight excluding hydrogens is 264 g/mol. The molecule has 21 heavy (non-hydrogen) atoms. The average Bonchev–Trinajstić information content (AvgIpc) is 2.88. The van der Waals surface area contributed by atoms with Crippen molar-refractivity contribution in [2.75, 3.05) is 13.7 Å². The smallest absolute Gasteiger partial charge is 0.128 e. The number of likely N-dealkylation sites (N-methyl/N-ethyl adjacent to an activating group) is 1. The van der Waals surface area contributed by atoms with Gasteiger partial charge in [-0.15, -0.1) is 0 Å². The van der Waals surface area contributed by atoms with E-state index in [-0.39, 0.29) is 6.04 Å². The van der Waals surface area contributed by atoms with Gasteiger partial charge >= 0.3 is 0 Å². The topological polar surface area (TPSA) is 47.3 Å². The molecule has 2 aromatic heterocycles. The van der Waals surface area contributed by atoms with Gasteiger partial charge in [-0.25, -0.2) is 0 Å². The molecule has 2 rings (SSSR count). The van der Waals surface area contributed by atoms with Gasteiger partial charge in [0.05, 0.1) is 13.2 Å². The van der Waals surface area contributed by atoms with Crippen molar-refractivity contribution < 1.29 is 9.15 Å². The zero-order chi connectivity index (χ0) is 15.4. The lowest BCUT2D eigenvalue weighted by Crippen LogP contribution is -2.23. The zero-order valence-electron chi connectivity index (χ0n) is 13.5. The van der Waals surface area contributed by atoms with Gasteiger partial charge in [-0.05, 0) is 39.4 Å². The van der Waals surface area contributed by atoms with E-state index in [2.05, 4.69) is 24.1 Å². The van der Waals surface area contributed by atoms with Gasteiger partial charge in [0, 0.05) is 29.4 Å². The molecular formula is C17H24N2O2. The molecule has 0 aliphatic heterocycles. The molecule has 0 amide bonds. The summed E-state index contributed by atoms with van der Waals surface area (Å²) in [4.78, 5) is 4.58. The van der Waals surface area contributed by atoms with E-state index in [0.717, 1.165) is 47.1 Å². The van der Waals surface area contributed by atoms with Gasteiger partial charge in [-0.2, -0.15) is 0 Å². The highest BCUT2D eigenvalue weighted by Gasteiger charge is 2.18. The van der Waals surface area contributed by atoms with Crippen LogP contribution in [0.5, 0.6) is 5.75 Å².